The van der Waals surface area contributed by atoms with Crippen molar-refractivity contribution in [3.8, 4) is 0 Å². The average molecular weight is 363 g/mol. The first-order valence-electron chi connectivity index (χ1n) is 9.09. The molecule has 1 atom stereocenters. The Morgan fingerprint density at radius 3 is 2.59 bits per heavy atom. The number of fused-ring (bicyclic) bond motifs is 1. The Labute approximate surface area is 157 Å². The Kier molecular flexibility index (Phi) is 4.39. The van der Waals surface area contributed by atoms with Gasteiger partial charge in [-0.1, -0.05) is 18.2 Å². The predicted molar refractivity (Wildman–Crippen MR) is 102 cm³/mol. The molecule has 4 rings (SSSR count). The largest absolute Gasteiger partial charge is 0.371 e. The van der Waals surface area contributed by atoms with Gasteiger partial charge in [0, 0.05) is 37.9 Å². The molecule has 3 amide bonds. The Hall–Kier alpha value is -3.15. The lowest BCUT2D eigenvalue weighted by Crippen LogP contribution is -2.31. The highest BCUT2D eigenvalue weighted by Crippen LogP contribution is 2.24. The van der Waals surface area contributed by atoms with Gasteiger partial charge < -0.3 is 10.2 Å². The molecule has 0 radical (unpaired) electrons. The highest BCUT2D eigenvalue weighted by Gasteiger charge is 2.33. The van der Waals surface area contributed by atoms with Crippen molar-refractivity contribution in [2.24, 2.45) is 5.92 Å². The molecule has 1 saturated heterocycles. The highest BCUT2D eigenvalue weighted by molar-refractivity contribution is 6.21. The van der Waals surface area contributed by atoms with Crippen LogP contribution in [0.3, 0.4) is 0 Å². The molecule has 2 aromatic carbocycles. The number of nitrogens with one attached hydrogen (secondary N) is 1. The monoisotopic (exact) mass is 363 g/mol. The van der Waals surface area contributed by atoms with E-state index in [0.29, 0.717) is 29.2 Å². The third-order valence-corrected chi connectivity index (χ3v) is 5.31. The second-order valence-corrected chi connectivity index (χ2v) is 7.08. The van der Waals surface area contributed by atoms with Crippen LogP contribution < -0.4 is 10.2 Å². The van der Waals surface area contributed by atoms with Crippen LogP contribution in [0.4, 0.5) is 5.69 Å². The molecule has 6 heteroatoms. The highest BCUT2D eigenvalue weighted by atomic mass is 16.2. The minimum atomic E-state index is -0.362. The van der Waals surface area contributed by atoms with Gasteiger partial charge in [-0.05, 0) is 42.7 Å². The zero-order valence-corrected chi connectivity index (χ0v) is 15.1. The van der Waals surface area contributed by atoms with Crippen LogP contribution >= 0.6 is 0 Å². The maximum atomic E-state index is 12.5. The van der Waals surface area contributed by atoms with E-state index in [1.807, 2.05) is 18.2 Å². The summed E-state index contributed by atoms with van der Waals surface area (Å²) in [5.41, 5.74) is 2.26. The summed E-state index contributed by atoms with van der Waals surface area (Å²) in [6, 6.07) is 14.9. The molecule has 0 aliphatic carbocycles. The van der Waals surface area contributed by atoms with Gasteiger partial charge in [0.05, 0.1) is 11.1 Å². The Morgan fingerprint density at radius 1 is 1.07 bits per heavy atom. The average Bonchev–Trinajstić information content (AvgIpc) is 3.26. The van der Waals surface area contributed by atoms with Crippen LogP contribution in [0, 0.1) is 5.92 Å². The lowest BCUT2D eigenvalue weighted by Gasteiger charge is -2.18. The number of anilines is 1. The van der Waals surface area contributed by atoms with E-state index in [1.54, 1.807) is 12.1 Å². The van der Waals surface area contributed by atoms with Gasteiger partial charge >= 0.3 is 0 Å². The topological polar surface area (TPSA) is 69.7 Å². The van der Waals surface area contributed by atoms with E-state index in [4.69, 9.17) is 0 Å². The molecule has 6 nitrogen and oxygen atoms in total. The van der Waals surface area contributed by atoms with Gasteiger partial charge in [0.25, 0.3) is 17.7 Å². The molecule has 0 bridgehead atoms. The van der Waals surface area contributed by atoms with Crippen LogP contribution in [-0.2, 0) is 0 Å². The minimum absolute atomic E-state index is 0.217. The summed E-state index contributed by atoms with van der Waals surface area (Å²) in [4.78, 5) is 39.9. The molecule has 27 heavy (non-hydrogen) atoms. The fourth-order valence-corrected chi connectivity index (χ4v) is 3.71. The number of hydrogen-bond acceptors (Lipinski definition) is 4. The van der Waals surface area contributed by atoms with Crippen LogP contribution in [0.25, 0.3) is 0 Å². The molecule has 1 unspecified atom stereocenters. The SMILES string of the molecule is CN1C(=O)c2ccc(C(=O)NCC3CCN(c4ccccc4)C3)cc2C1=O. The predicted octanol–water partition coefficient (Wildman–Crippen LogP) is 2.17. The van der Waals surface area contributed by atoms with E-state index >= 15 is 0 Å². The first-order chi connectivity index (χ1) is 13.0. The lowest BCUT2D eigenvalue weighted by atomic mass is 10.0. The van der Waals surface area contributed by atoms with Crippen LogP contribution in [-0.4, -0.2) is 49.3 Å². The zero-order valence-electron chi connectivity index (χ0n) is 15.1. The van der Waals surface area contributed by atoms with Crippen molar-refractivity contribution >= 4 is 23.4 Å². The van der Waals surface area contributed by atoms with E-state index < -0.39 is 0 Å². The number of hydrogen-bond donors (Lipinski definition) is 1. The summed E-state index contributed by atoms with van der Waals surface area (Å²) in [6.45, 7) is 2.48. The van der Waals surface area contributed by atoms with E-state index in [-0.39, 0.29) is 17.7 Å². The number of carbonyl (C=O) groups is 3. The van der Waals surface area contributed by atoms with Gasteiger partial charge in [-0.2, -0.15) is 0 Å². The molecule has 1 fully saturated rings. The van der Waals surface area contributed by atoms with E-state index in [1.165, 1.54) is 18.8 Å². The fraction of sp³-hybridized carbons (Fsp3) is 0.286. The van der Waals surface area contributed by atoms with E-state index in [0.717, 1.165) is 24.4 Å². The maximum Gasteiger partial charge on any atom is 0.261 e. The van der Waals surface area contributed by atoms with Crippen molar-refractivity contribution in [1.29, 1.82) is 0 Å². The van der Waals surface area contributed by atoms with Crippen molar-refractivity contribution < 1.29 is 14.4 Å². The second-order valence-electron chi connectivity index (χ2n) is 7.08. The normalized spacial score (nSPS) is 18.8. The Morgan fingerprint density at radius 2 is 1.81 bits per heavy atom. The molecule has 138 valence electrons. The van der Waals surface area contributed by atoms with Gasteiger partial charge in [0.2, 0.25) is 0 Å². The number of nitrogens with zero attached hydrogens (tertiary/aromatic N) is 2. The van der Waals surface area contributed by atoms with Crippen LogP contribution in [0.1, 0.15) is 37.5 Å². The van der Waals surface area contributed by atoms with Gasteiger partial charge in [-0.25, -0.2) is 0 Å². The smallest absolute Gasteiger partial charge is 0.261 e. The van der Waals surface area contributed by atoms with Gasteiger partial charge in [-0.3, -0.25) is 19.3 Å². The standard InChI is InChI=1S/C21H21N3O3/c1-23-20(26)17-8-7-15(11-18(17)21(23)27)19(25)22-12-14-9-10-24(13-14)16-5-3-2-4-6-16/h2-8,11,14H,9-10,12-13H2,1H3,(H,22,25). The van der Waals surface area contributed by atoms with E-state index in [9.17, 15) is 14.4 Å². The van der Waals surface area contributed by atoms with Gasteiger partial charge in [0.1, 0.15) is 0 Å². The second kappa shape index (κ2) is 6.87. The van der Waals surface area contributed by atoms with Gasteiger partial charge in [-0.15, -0.1) is 0 Å². The Balaban J connectivity index is 1.37. The molecular weight excluding hydrogens is 342 g/mol. The summed E-state index contributed by atoms with van der Waals surface area (Å²) in [6.07, 6.45) is 1.02. The summed E-state index contributed by atoms with van der Waals surface area (Å²) in [5.74, 6) is -0.517. The number of rotatable bonds is 4. The summed E-state index contributed by atoms with van der Waals surface area (Å²) >= 11 is 0. The number of para-hydroxylation sites is 1. The molecule has 2 aliphatic rings. The third kappa shape index (κ3) is 3.18. The summed E-state index contributed by atoms with van der Waals surface area (Å²) < 4.78 is 0. The van der Waals surface area contributed by atoms with Crippen molar-refractivity contribution in [1.82, 2.24) is 10.2 Å². The van der Waals surface area contributed by atoms with Crippen LogP contribution in [0.2, 0.25) is 0 Å². The first kappa shape index (κ1) is 17.3. The van der Waals surface area contributed by atoms with Crippen LogP contribution in [0.5, 0.6) is 0 Å². The molecule has 1 N–H and O–H groups in total. The van der Waals surface area contributed by atoms with Crippen molar-refractivity contribution in [2.75, 3.05) is 31.6 Å². The molecule has 0 saturated carbocycles. The number of carbonyl (C=O) groups excluding carboxylic acids is 3. The zero-order chi connectivity index (χ0) is 19.0. The molecule has 2 aromatic rings. The molecular formula is C21H21N3O3. The maximum absolute atomic E-state index is 12.5. The third-order valence-electron chi connectivity index (χ3n) is 5.31. The molecule has 2 heterocycles. The number of amides is 3. The molecule has 0 spiro atoms. The van der Waals surface area contributed by atoms with Crippen molar-refractivity contribution in [3.63, 3.8) is 0 Å². The number of benzene rings is 2. The van der Waals surface area contributed by atoms with Crippen molar-refractivity contribution in [2.45, 2.75) is 6.42 Å². The van der Waals surface area contributed by atoms with Crippen LogP contribution in [0.15, 0.2) is 48.5 Å². The van der Waals surface area contributed by atoms with Crippen molar-refractivity contribution in [3.05, 3.63) is 65.2 Å². The Bertz CT molecular complexity index is 910. The first-order valence-corrected chi connectivity index (χ1v) is 9.09. The number of imide groups is 1. The van der Waals surface area contributed by atoms with Gasteiger partial charge in [0.15, 0.2) is 0 Å². The molecule has 0 aromatic heterocycles. The fourth-order valence-electron chi connectivity index (χ4n) is 3.71. The minimum Gasteiger partial charge on any atom is -0.371 e. The molecule has 2 aliphatic heterocycles. The quantitative estimate of drug-likeness (QED) is 0.846. The summed E-state index contributed by atoms with van der Waals surface area (Å²) in [5, 5.41) is 2.97. The summed E-state index contributed by atoms with van der Waals surface area (Å²) in [7, 11) is 1.45. The lowest BCUT2D eigenvalue weighted by molar-refractivity contribution is 0.0693. The van der Waals surface area contributed by atoms with E-state index in [2.05, 4.69) is 22.3 Å².